The normalized spacial score (nSPS) is 34.2. The fraction of sp³-hybridized carbons (Fsp3) is 0.778. The Morgan fingerprint density at radius 3 is 1.97 bits per heavy atom. The van der Waals surface area contributed by atoms with E-state index in [9.17, 15) is 44.7 Å². The van der Waals surface area contributed by atoms with Crippen molar-refractivity contribution >= 4 is 29.5 Å². The first-order valence-electron chi connectivity index (χ1n) is 22.3. The van der Waals surface area contributed by atoms with Crippen molar-refractivity contribution in [2.24, 2.45) is 46.3 Å². The Labute approximate surface area is 350 Å². The molecule has 14 nitrogen and oxygen atoms in total. The van der Waals surface area contributed by atoms with Crippen LogP contribution in [0.5, 0.6) is 0 Å². The monoisotopic (exact) mass is 826 g/mol. The van der Waals surface area contributed by atoms with Crippen LogP contribution >= 0.6 is 0 Å². The molecule has 5 fully saturated rings. The third-order valence-electron chi connectivity index (χ3n) is 15.9. The highest BCUT2D eigenvalue weighted by atomic mass is 16.4. The van der Waals surface area contributed by atoms with Crippen LogP contribution in [0.1, 0.15) is 90.5 Å². The van der Waals surface area contributed by atoms with E-state index >= 15 is 0 Å². The SMILES string of the molecule is CC(CCC(=O)Nc1ccc(CC(CN2CCN(CC(=O)O)CCN(CC(=O)O)CC2)NCC(=O)O)cc1)C1CCC2C3C(O)CC4CC(O)CCC4(C)C3CCC12C. The number of aliphatic hydroxyl groups is 2. The van der Waals surface area contributed by atoms with E-state index in [4.69, 9.17) is 0 Å². The van der Waals surface area contributed by atoms with Crippen LogP contribution in [-0.4, -0.2) is 148 Å². The van der Waals surface area contributed by atoms with E-state index < -0.39 is 17.9 Å². The summed E-state index contributed by atoms with van der Waals surface area (Å²) in [5.41, 5.74) is 2.04. The first-order valence-corrected chi connectivity index (χ1v) is 22.3. The van der Waals surface area contributed by atoms with E-state index in [-0.39, 0.29) is 54.6 Å². The molecule has 0 radical (unpaired) electrons. The number of hydrogen-bond donors (Lipinski definition) is 7. The summed E-state index contributed by atoms with van der Waals surface area (Å²) in [6.45, 7) is 10.2. The molecule has 7 N–H and O–H groups in total. The van der Waals surface area contributed by atoms with Crippen molar-refractivity contribution in [1.82, 2.24) is 20.0 Å². The highest BCUT2D eigenvalue weighted by molar-refractivity contribution is 5.90. The molecule has 1 aromatic rings. The highest BCUT2D eigenvalue weighted by Gasteiger charge is 2.62. The number of nitrogens with one attached hydrogen (secondary N) is 2. The lowest BCUT2D eigenvalue weighted by Crippen LogP contribution is -2.58. The maximum absolute atomic E-state index is 13.3. The maximum atomic E-state index is 13.3. The summed E-state index contributed by atoms with van der Waals surface area (Å²) >= 11 is 0. The van der Waals surface area contributed by atoms with Gasteiger partial charge in [-0.2, -0.15) is 0 Å². The van der Waals surface area contributed by atoms with E-state index in [0.717, 1.165) is 56.9 Å². The van der Waals surface area contributed by atoms with Gasteiger partial charge in [-0.15, -0.1) is 0 Å². The Kier molecular flexibility index (Phi) is 15.2. The third-order valence-corrected chi connectivity index (χ3v) is 15.9. The van der Waals surface area contributed by atoms with Gasteiger partial charge in [0.1, 0.15) is 0 Å². The largest absolute Gasteiger partial charge is 0.480 e. The Hall–Kier alpha value is -3.14. The first-order chi connectivity index (χ1) is 28.0. The van der Waals surface area contributed by atoms with Crippen LogP contribution in [0.4, 0.5) is 5.69 Å². The Morgan fingerprint density at radius 1 is 0.763 bits per heavy atom. The number of carbonyl (C=O) groups is 4. The van der Waals surface area contributed by atoms with Crippen LogP contribution in [0.3, 0.4) is 0 Å². The van der Waals surface area contributed by atoms with Crippen molar-refractivity contribution in [3.63, 3.8) is 0 Å². The predicted octanol–water partition coefficient (Wildman–Crippen LogP) is 3.71. The number of benzene rings is 1. The predicted molar refractivity (Wildman–Crippen MR) is 224 cm³/mol. The second-order valence-corrected chi connectivity index (χ2v) is 19.5. The van der Waals surface area contributed by atoms with Crippen LogP contribution in [0.25, 0.3) is 0 Å². The molecule has 1 amide bonds. The molecule has 59 heavy (non-hydrogen) atoms. The molecule has 1 heterocycles. The number of carbonyl (C=O) groups excluding carboxylic acids is 1. The molecular weight excluding hydrogens is 755 g/mol. The zero-order valence-corrected chi connectivity index (χ0v) is 35.6. The number of carboxylic acid groups (broad SMARTS) is 3. The second kappa shape index (κ2) is 19.7. The molecule has 330 valence electrons. The molecule has 6 rings (SSSR count). The molecule has 1 aliphatic heterocycles. The maximum Gasteiger partial charge on any atom is 0.317 e. The number of fused-ring (bicyclic) bond motifs is 5. The van der Waals surface area contributed by atoms with Crippen molar-refractivity contribution < 1.29 is 44.7 Å². The quantitative estimate of drug-likeness (QED) is 0.127. The van der Waals surface area contributed by atoms with Crippen LogP contribution in [0.15, 0.2) is 24.3 Å². The zero-order valence-electron chi connectivity index (χ0n) is 35.6. The Balaban J connectivity index is 1.01. The van der Waals surface area contributed by atoms with Crippen molar-refractivity contribution in [3.05, 3.63) is 29.8 Å². The van der Waals surface area contributed by atoms with Crippen LogP contribution in [0, 0.1) is 46.3 Å². The molecule has 4 aliphatic carbocycles. The molecule has 4 saturated carbocycles. The average molecular weight is 826 g/mol. The number of aliphatic hydroxyl groups excluding tert-OH is 2. The Morgan fingerprint density at radius 2 is 1.36 bits per heavy atom. The Bertz CT molecular complexity index is 1590. The number of nitrogens with zero attached hydrogens (tertiary/aromatic N) is 3. The minimum atomic E-state index is -0.974. The fourth-order valence-electron chi connectivity index (χ4n) is 12.8. The first kappa shape index (κ1) is 45.4. The summed E-state index contributed by atoms with van der Waals surface area (Å²) in [7, 11) is 0. The van der Waals surface area contributed by atoms with Gasteiger partial charge in [0.2, 0.25) is 5.91 Å². The van der Waals surface area contributed by atoms with Crippen molar-refractivity contribution in [1.29, 1.82) is 0 Å². The lowest BCUT2D eigenvalue weighted by atomic mass is 9.43. The summed E-state index contributed by atoms with van der Waals surface area (Å²) in [6, 6.07) is 7.41. The van der Waals surface area contributed by atoms with Crippen LogP contribution in [0.2, 0.25) is 0 Å². The minimum Gasteiger partial charge on any atom is -0.480 e. The smallest absolute Gasteiger partial charge is 0.317 e. The number of hydrogen-bond acceptors (Lipinski definition) is 10. The van der Waals surface area contributed by atoms with E-state index in [1.165, 1.54) is 6.42 Å². The molecule has 0 bridgehead atoms. The van der Waals surface area contributed by atoms with E-state index in [1.807, 2.05) is 24.3 Å². The number of carboxylic acids is 3. The van der Waals surface area contributed by atoms with Crippen molar-refractivity contribution in [2.75, 3.05) is 70.8 Å². The van der Waals surface area contributed by atoms with Gasteiger partial charge in [-0.1, -0.05) is 32.9 Å². The topological polar surface area (TPSA) is 203 Å². The van der Waals surface area contributed by atoms with E-state index in [1.54, 1.807) is 9.80 Å². The molecule has 1 saturated heterocycles. The van der Waals surface area contributed by atoms with Crippen LogP contribution < -0.4 is 10.6 Å². The molecule has 0 spiro atoms. The van der Waals surface area contributed by atoms with Crippen molar-refractivity contribution in [3.8, 4) is 0 Å². The van der Waals surface area contributed by atoms with Gasteiger partial charge in [0.15, 0.2) is 0 Å². The summed E-state index contributed by atoms with van der Waals surface area (Å²) < 4.78 is 0. The second-order valence-electron chi connectivity index (χ2n) is 19.5. The number of aliphatic carboxylic acids is 3. The standard InChI is InChI=1S/C45H71N5O9/c1-29(35-9-10-36-43-37(13-15-45(35,36)3)44(2)14-12-34(51)23-31(44)24-38(43)52)4-11-39(53)47-32-7-5-30(6-8-32)22-33(46-25-40(54)55)26-48-16-18-49(27-41(56)57)20-21-50(19-17-48)28-42(58)59/h5-8,29,31,33-38,43,46,51-52H,4,9-28H2,1-3H3,(H,47,53)(H,54,55)(H,56,57)(H,58,59). The molecule has 11 unspecified atom stereocenters. The third kappa shape index (κ3) is 11.2. The highest BCUT2D eigenvalue weighted by Crippen LogP contribution is 2.68. The van der Waals surface area contributed by atoms with Gasteiger partial charge in [-0.05, 0) is 128 Å². The lowest BCUT2D eigenvalue weighted by Gasteiger charge is -2.62. The van der Waals surface area contributed by atoms with Gasteiger partial charge >= 0.3 is 17.9 Å². The van der Waals surface area contributed by atoms with E-state index in [0.29, 0.717) is 99.8 Å². The molecule has 5 aliphatic rings. The molecule has 1 aromatic carbocycles. The number of anilines is 1. The number of rotatable bonds is 16. The van der Waals surface area contributed by atoms with Crippen LogP contribution in [-0.2, 0) is 25.6 Å². The summed E-state index contributed by atoms with van der Waals surface area (Å²) in [5, 5.41) is 56.6. The molecule has 0 aromatic heterocycles. The van der Waals surface area contributed by atoms with Gasteiger partial charge in [0.25, 0.3) is 0 Å². The van der Waals surface area contributed by atoms with Gasteiger partial charge < -0.3 is 36.2 Å². The van der Waals surface area contributed by atoms with Gasteiger partial charge in [0.05, 0.1) is 31.8 Å². The summed E-state index contributed by atoms with van der Waals surface area (Å²) in [6.07, 6.45) is 9.43. The fourth-order valence-corrected chi connectivity index (χ4v) is 12.8. The minimum absolute atomic E-state index is 0.0166. The molecular formula is C45H71N5O9. The van der Waals surface area contributed by atoms with Gasteiger partial charge in [-0.3, -0.25) is 33.9 Å². The summed E-state index contributed by atoms with van der Waals surface area (Å²) in [5.74, 6) is -0.221. The lowest BCUT2D eigenvalue weighted by molar-refractivity contribution is -0.174. The van der Waals surface area contributed by atoms with Crippen molar-refractivity contribution in [2.45, 2.75) is 110 Å². The average Bonchev–Trinajstić information content (AvgIpc) is 3.56. The van der Waals surface area contributed by atoms with E-state index in [2.05, 4.69) is 36.3 Å². The molecule has 11 atom stereocenters. The molecule has 14 heteroatoms. The summed E-state index contributed by atoms with van der Waals surface area (Å²) in [4.78, 5) is 53.6. The van der Waals surface area contributed by atoms with Gasteiger partial charge in [-0.25, -0.2) is 0 Å². The number of amides is 1. The zero-order chi connectivity index (χ0) is 42.5. The van der Waals surface area contributed by atoms with Gasteiger partial charge in [0, 0.05) is 64.0 Å².